The summed E-state index contributed by atoms with van der Waals surface area (Å²) in [5.41, 5.74) is 1.14. The smallest absolute Gasteiger partial charge is 0.494 e. The van der Waals surface area contributed by atoms with E-state index in [1.165, 1.54) is 20.1 Å². The van der Waals surface area contributed by atoms with Crippen LogP contribution in [0.4, 0.5) is 26.3 Å². The molecule has 0 amide bonds. The van der Waals surface area contributed by atoms with Crippen molar-refractivity contribution in [3.05, 3.63) is 70.6 Å². The van der Waals surface area contributed by atoms with Gasteiger partial charge in [0.25, 0.3) is 0 Å². The molecule has 0 aliphatic carbocycles. The summed E-state index contributed by atoms with van der Waals surface area (Å²) >= 11 is 0.805. The van der Waals surface area contributed by atoms with Gasteiger partial charge < -0.3 is 13.9 Å². The van der Waals surface area contributed by atoms with Crippen LogP contribution in [0, 0.1) is 6.92 Å². The fourth-order valence-electron chi connectivity index (χ4n) is 3.58. The molecule has 14 heteroatoms. The molecule has 0 saturated carbocycles. The number of fused-ring (bicyclic) bond motifs is 1. The van der Waals surface area contributed by atoms with Crippen molar-refractivity contribution in [3.8, 4) is 16.9 Å². The first kappa shape index (κ1) is 33.0. The Morgan fingerprint density at radius 2 is 1.62 bits per heavy atom. The minimum atomic E-state index is -5.36. The van der Waals surface area contributed by atoms with Crippen LogP contribution in [0.1, 0.15) is 25.3 Å². The van der Waals surface area contributed by atoms with Gasteiger partial charge in [-0.05, 0) is 55.3 Å². The van der Waals surface area contributed by atoms with E-state index in [9.17, 15) is 35.9 Å². The summed E-state index contributed by atoms with van der Waals surface area (Å²) in [6, 6.07) is 11.4. The number of ether oxygens (including phenoxy) is 4. The maximum Gasteiger partial charge on any atom is 0.494 e. The first-order valence-electron chi connectivity index (χ1n) is 12.2. The van der Waals surface area contributed by atoms with Crippen LogP contribution in [0.5, 0.6) is 5.75 Å². The molecule has 0 bridgehead atoms. The minimum Gasteiger partial charge on any atom is -0.497 e. The molecule has 0 aliphatic rings. The molecule has 2 aromatic carbocycles. The lowest BCUT2D eigenvalue weighted by Gasteiger charge is -2.26. The number of esters is 1. The fourth-order valence-corrected chi connectivity index (χ4v) is 4.51. The van der Waals surface area contributed by atoms with Crippen molar-refractivity contribution in [1.82, 2.24) is 0 Å². The van der Waals surface area contributed by atoms with E-state index in [-0.39, 0.29) is 11.2 Å². The third-order valence-electron chi connectivity index (χ3n) is 5.60. The van der Waals surface area contributed by atoms with Gasteiger partial charge in [-0.2, -0.15) is 17.6 Å². The number of hydrogen-bond donors (Lipinski definition) is 0. The van der Waals surface area contributed by atoms with Crippen LogP contribution in [0.25, 0.3) is 22.1 Å². The Kier molecular flexibility index (Phi) is 10.4. The number of carbonyl (C=O) groups excluding carboxylic acids is 1. The number of methoxy groups -OCH3 is 1. The predicted octanol–water partition coefficient (Wildman–Crippen LogP) is 7.54. The number of carbonyl (C=O) groups is 1. The van der Waals surface area contributed by atoms with E-state index in [2.05, 4.69) is 20.8 Å². The fraction of sp³-hybridized carbons (Fsp3) is 0.357. The van der Waals surface area contributed by atoms with Crippen LogP contribution in [-0.2, 0) is 19.0 Å². The highest BCUT2D eigenvalue weighted by Gasteiger charge is 2.51. The van der Waals surface area contributed by atoms with Crippen molar-refractivity contribution >= 4 is 28.7 Å². The number of halogens is 6. The zero-order chi connectivity index (χ0) is 31.3. The van der Waals surface area contributed by atoms with Crippen molar-refractivity contribution in [2.45, 2.75) is 50.1 Å². The normalized spacial score (nSPS) is 12.4. The molecule has 0 atom stereocenters. The van der Waals surface area contributed by atoms with Crippen LogP contribution in [-0.4, -0.2) is 44.0 Å². The standard InChI is InChI=1S/C28H26F6O7S/c1-16(2)24(35)38-11-9-26(29,30)40-28(33,34)41-27(31,32)10-12-42-20-7-5-18-14-22(25(36)39-23(18)15-20)21-8-6-19(37-4)13-17(21)3/h5-8,13-15H,1,9-12H2,2-4H3. The SMILES string of the molecule is C=C(C)C(=O)OCCC(F)(F)OC(F)(F)OC(F)(F)CCSc1ccc2cc(-c3ccc(OC)cc3C)c(=O)oc2c1. The Morgan fingerprint density at radius 3 is 2.24 bits per heavy atom. The number of aryl methyl sites for hydroxylation is 1. The second-order valence-corrected chi connectivity index (χ2v) is 10.2. The molecule has 3 aromatic rings. The molecular formula is C28H26F6O7S. The average Bonchev–Trinajstić information content (AvgIpc) is 2.86. The molecule has 7 nitrogen and oxygen atoms in total. The monoisotopic (exact) mass is 620 g/mol. The summed E-state index contributed by atoms with van der Waals surface area (Å²) < 4.78 is 104. The van der Waals surface area contributed by atoms with Gasteiger partial charge in [-0.15, -0.1) is 20.5 Å². The van der Waals surface area contributed by atoms with E-state index in [1.54, 1.807) is 43.3 Å². The maximum absolute atomic E-state index is 14.0. The molecule has 1 aromatic heterocycles. The van der Waals surface area contributed by atoms with Gasteiger partial charge in [0, 0.05) is 28.0 Å². The number of alkyl halides is 6. The van der Waals surface area contributed by atoms with Crippen LogP contribution < -0.4 is 10.4 Å². The van der Waals surface area contributed by atoms with Gasteiger partial charge in [0.2, 0.25) is 0 Å². The van der Waals surface area contributed by atoms with Gasteiger partial charge in [-0.3, -0.25) is 0 Å². The third kappa shape index (κ3) is 9.26. The van der Waals surface area contributed by atoms with E-state index in [0.717, 1.165) is 17.3 Å². The zero-order valence-corrected chi connectivity index (χ0v) is 23.4. The molecule has 42 heavy (non-hydrogen) atoms. The van der Waals surface area contributed by atoms with Gasteiger partial charge in [0.1, 0.15) is 11.3 Å². The summed E-state index contributed by atoms with van der Waals surface area (Å²) in [6.07, 6.45) is -17.4. The van der Waals surface area contributed by atoms with Gasteiger partial charge in [-0.25, -0.2) is 19.1 Å². The molecule has 0 fully saturated rings. The first-order valence-corrected chi connectivity index (χ1v) is 13.2. The van der Waals surface area contributed by atoms with E-state index in [1.807, 2.05) is 0 Å². The van der Waals surface area contributed by atoms with E-state index in [0.29, 0.717) is 27.2 Å². The Labute approximate surface area is 240 Å². The first-order chi connectivity index (χ1) is 19.5. The molecular weight excluding hydrogens is 594 g/mol. The van der Waals surface area contributed by atoms with Crippen LogP contribution in [0.3, 0.4) is 0 Å². The lowest BCUT2D eigenvalue weighted by atomic mass is 10.0. The summed E-state index contributed by atoms with van der Waals surface area (Å²) in [7, 11) is 1.52. The number of rotatable bonds is 14. The second-order valence-electron chi connectivity index (χ2n) is 9.03. The Balaban J connectivity index is 1.59. The van der Waals surface area contributed by atoms with Gasteiger partial charge in [0.15, 0.2) is 0 Å². The summed E-state index contributed by atoms with van der Waals surface area (Å²) in [5, 5.41) is 0.546. The molecule has 0 aliphatic heterocycles. The third-order valence-corrected chi connectivity index (χ3v) is 6.60. The number of benzene rings is 2. The van der Waals surface area contributed by atoms with E-state index >= 15 is 0 Å². The van der Waals surface area contributed by atoms with Crippen molar-refractivity contribution < 1.29 is 54.5 Å². The van der Waals surface area contributed by atoms with Crippen LogP contribution >= 0.6 is 11.8 Å². The predicted molar refractivity (Wildman–Crippen MR) is 142 cm³/mol. The summed E-state index contributed by atoms with van der Waals surface area (Å²) in [4.78, 5) is 24.2. The molecule has 0 saturated heterocycles. The molecule has 0 spiro atoms. The van der Waals surface area contributed by atoms with Crippen LogP contribution in [0.15, 0.2) is 68.7 Å². The van der Waals surface area contributed by atoms with Crippen molar-refractivity contribution in [2.24, 2.45) is 0 Å². The van der Waals surface area contributed by atoms with Crippen molar-refractivity contribution in [1.29, 1.82) is 0 Å². The maximum atomic E-state index is 14.0. The topological polar surface area (TPSA) is 84.2 Å². The van der Waals surface area contributed by atoms with E-state index in [4.69, 9.17) is 9.15 Å². The number of thioether (sulfide) groups is 1. The summed E-state index contributed by atoms with van der Waals surface area (Å²) in [6.45, 7) is 5.22. The highest BCUT2D eigenvalue weighted by molar-refractivity contribution is 7.99. The Hall–Kier alpha value is -3.49. The zero-order valence-electron chi connectivity index (χ0n) is 22.6. The number of hydrogen-bond acceptors (Lipinski definition) is 8. The molecule has 1 heterocycles. The van der Waals surface area contributed by atoms with Gasteiger partial charge >= 0.3 is 30.1 Å². The van der Waals surface area contributed by atoms with Crippen LogP contribution in [0.2, 0.25) is 0 Å². The van der Waals surface area contributed by atoms with Crippen molar-refractivity contribution in [2.75, 3.05) is 19.5 Å². The van der Waals surface area contributed by atoms with Crippen molar-refractivity contribution in [3.63, 3.8) is 0 Å². The lowest BCUT2D eigenvalue weighted by Crippen LogP contribution is -2.41. The molecule has 228 valence electrons. The van der Waals surface area contributed by atoms with Gasteiger partial charge in [-0.1, -0.05) is 18.7 Å². The largest absolute Gasteiger partial charge is 0.497 e. The van der Waals surface area contributed by atoms with E-state index < -0.39 is 55.3 Å². The highest BCUT2D eigenvalue weighted by atomic mass is 32.2. The summed E-state index contributed by atoms with van der Waals surface area (Å²) in [5.74, 6) is -0.901. The Bertz CT molecular complexity index is 1510. The van der Waals surface area contributed by atoms with Gasteiger partial charge in [0.05, 0.1) is 25.7 Å². The molecule has 0 N–H and O–H groups in total. The molecule has 3 rings (SSSR count). The quantitative estimate of drug-likeness (QED) is 0.0457. The molecule has 0 radical (unpaired) electrons. The lowest BCUT2D eigenvalue weighted by molar-refractivity contribution is -0.514. The second kappa shape index (κ2) is 13.2. The highest BCUT2D eigenvalue weighted by Crippen LogP contribution is 2.37. The average molecular weight is 621 g/mol. The minimum absolute atomic E-state index is 0.118. The molecule has 0 unspecified atom stereocenters. The Morgan fingerprint density at radius 1 is 0.952 bits per heavy atom.